The van der Waals surface area contributed by atoms with Gasteiger partial charge in [0.1, 0.15) is 17.2 Å². The van der Waals surface area contributed by atoms with Gasteiger partial charge in [0.2, 0.25) is 10.0 Å². The lowest BCUT2D eigenvalue weighted by atomic mass is 10.1. The number of nitrogens with one attached hydrogen (secondary N) is 3. The number of hydrogen-bond acceptors (Lipinski definition) is 4. The fraction of sp³-hybridized carbons (Fsp3) is 0.211. The summed E-state index contributed by atoms with van der Waals surface area (Å²) in [5.41, 5.74) is 1.73. The summed E-state index contributed by atoms with van der Waals surface area (Å²) in [4.78, 5) is 12.4. The Labute approximate surface area is 162 Å². The molecule has 3 rings (SSSR count). The third-order valence-electron chi connectivity index (χ3n) is 4.37. The number of fused-ring (bicyclic) bond motifs is 1. The number of hydrogen-bond donors (Lipinski definition) is 3. The first-order chi connectivity index (χ1) is 13.2. The summed E-state index contributed by atoms with van der Waals surface area (Å²) >= 11 is 0. The minimum atomic E-state index is -3.54. The smallest absolute Gasteiger partial charge is 0.319 e. The Bertz CT molecular complexity index is 1120. The van der Waals surface area contributed by atoms with Crippen molar-refractivity contribution in [1.29, 1.82) is 0 Å². The summed E-state index contributed by atoms with van der Waals surface area (Å²) in [6.07, 6.45) is 0. The maximum absolute atomic E-state index is 13.4. The number of sulfonamides is 1. The summed E-state index contributed by atoms with van der Waals surface area (Å²) in [6.45, 7) is 3.56. The summed E-state index contributed by atoms with van der Waals surface area (Å²) in [7, 11) is -2.21. The molecule has 3 N–H and O–H groups in total. The maximum Gasteiger partial charge on any atom is 0.319 e. The third kappa shape index (κ3) is 4.00. The zero-order chi connectivity index (χ0) is 20.5. The summed E-state index contributed by atoms with van der Waals surface area (Å²) < 4.78 is 44.8. The minimum Gasteiger partial charge on any atom is -0.459 e. The molecule has 0 unspecified atom stereocenters. The Morgan fingerprint density at radius 3 is 2.46 bits per heavy atom. The summed E-state index contributed by atoms with van der Waals surface area (Å²) in [6, 6.07) is 9.08. The molecule has 0 saturated carbocycles. The van der Waals surface area contributed by atoms with Crippen molar-refractivity contribution in [2.75, 3.05) is 12.4 Å². The molecule has 2 amide bonds. The minimum absolute atomic E-state index is 0.0967. The van der Waals surface area contributed by atoms with E-state index in [0.717, 1.165) is 5.56 Å². The van der Waals surface area contributed by atoms with E-state index in [1.807, 2.05) is 0 Å². The molecule has 0 aliphatic heterocycles. The van der Waals surface area contributed by atoms with Crippen LogP contribution in [-0.2, 0) is 10.0 Å². The highest BCUT2D eigenvalue weighted by Crippen LogP contribution is 2.30. The Balaban J connectivity index is 1.70. The molecule has 0 spiro atoms. The SMILES string of the molecule is CNS(=O)(=O)c1ccc(NC(=O)N[C@@H](C)c2oc3ccc(F)cc3c2C)cc1. The standard InChI is InChI=1S/C19H20FN3O4S/c1-11-16-10-13(20)4-9-17(16)27-18(11)12(2)22-19(24)23-14-5-7-15(8-6-14)28(25,26)21-3/h4-10,12,21H,1-3H3,(H2,22,23,24)/t12-/m0/s1. The van der Waals surface area contributed by atoms with Gasteiger partial charge < -0.3 is 15.1 Å². The van der Waals surface area contributed by atoms with Gasteiger partial charge in [0.25, 0.3) is 0 Å². The Morgan fingerprint density at radius 2 is 1.82 bits per heavy atom. The molecule has 0 radical (unpaired) electrons. The van der Waals surface area contributed by atoms with E-state index in [4.69, 9.17) is 4.42 Å². The van der Waals surface area contributed by atoms with Crippen LogP contribution in [0.1, 0.15) is 24.3 Å². The quantitative estimate of drug-likeness (QED) is 0.603. The van der Waals surface area contributed by atoms with Gasteiger partial charge in [0.15, 0.2) is 0 Å². The molecule has 0 aliphatic rings. The van der Waals surface area contributed by atoms with Crippen LogP contribution in [0, 0.1) is 12.7 Å². The fourth-order valence-electron chi connectivity index (χ4n) is 2.89. The van der Waals surface area contributed by atoms with E-state index in [9.17, 15) is 17.6 Å². The number of carbonyl (C=O) groups excluding carboxylic acids is 1. The lowest BCUT2D eigenvalue weighted by Gasteiger charge is -2.14. The van der Waals surface area contributed by atoms with Gasteiger partial charge in [-0.1, -0.05) is 0 Å². The monoisotopic (exact) mass is 405 g/mol. The van der Waals surface area contributed by atoms with Crippen molar-refractivity contribution in [3.63, 3.8) is 0 Å². The first-order valence-electron chi connectivity index (χ1n) is 8.51. The highest BCUT2D eigenvalue weighted by Gasteiger charge is 2.19. The molecular weight excluding hydrogens is 385 g/mol. The molecule has 1 atom stereocenters. The summed E-state index contributed by atoms with van der Waals surface area (Å²) in [5.74, 6) is 0.177. The molecule has 0 fully saturated rings. The van der Waals surface area contributed by atoms with Crippen LogP contribution in [0.4, 0.5) is 14.9 Å². The van der Waals surface area contributed by atoms with Gasteiger partial charge in [-0.15, -0.1) is 0 Å². The second-order valence-corrected chi connectivity index (χ2v) is 8.17. The number of rotatable bonds is 5. The number of urea groups is 1. The van der Waals surface area contributed by atoms with Crippen LogP contribution in [0.15, 0.2) is 51.8 Å². The van der Waals surface area contributed by atoms with Crippen molar-refractivity contribution in [3.8, 4) is 0 Å². The average Bonchev–Trinajstić information content (AvgIpc) is 2.98. The van der Waals surface area contributed by atoms with Crippen molar-refractivity contribution >= 4 is 32.7 Å². The molecule has 148 valence electrons. The van der Waals surface area contributed by atoms with E-state index in [1.54, 1.807) is 19.9 Å². The first-order valence-corrected chi connectivity index (χ1v) is 9.99. The van der Waals surface area contributed by atoms with Crippen LogP contribution < -0.4 is 15.4 Å². The Morgan fingerprint density at radius 1 is 1.14 bits per heavy atom. The molecule has 9 heteroatoms. The number of carbonyl (C=O) groups is 1. The maximum atomic E-state index is 13.4. The predicted octanol–water partition coefficient (Wildman–Crippen LogP) is 3.67. The second kappa shape index (κ2) is 7.61. The number of anilines is 1. The van der Waals surface area contributed by atoms with Crippen molar-refractivity contribution < 1.29 is 22.0 Å². The van der Waals surface area contributed by atoms with Crippen molar-refractivity contribution in [1.82, 2.24) is 10.0 Å². The normalized spacial score (nSPS) is 12.7. The largest absolute Gasteiger partial charge is 0.459 e. The van der Waals surface area contributed by atoms with Gasteiger partial charge in [0.05, 0.1) is 10.9 Å². The lowest BCUT2D eigenvalue weighted by Crippen LogP contribution is -2.31. The first kappa shape index (κ1) is 19.8. The van der Waals surface area contributed by atoms with Crippen LogP contribution >= 0.6 is 0 Å². The van der Waals surface area contributed by atoms with Gasteiger partial charge in [-0.25, -0.2) is 22.3 Å². The lowest BCUT2D eigenvalue weighted by molar-refractivity contribution is 0.248. The number of furan rings is 1. The van der Waals surface area contributed by atoms with E-state index < -0.39 is 22.1 Å². The van der Waals surface area contributed by atoms with Crippen molar-refractivity contribution in [3.05, 3.63) is 59.6 Å². The number of halogens is 1. The zero-order valence-electron chi connectivity index (χ0n) is 15.5. The van der Waals surface area contributed by atoms with Crippen LogP contribution in [0.2, 0.25) is 0 Å². The second-order valence-electron chi connectivity index (χ2n) is 6.28. The van der Waals surface area contributed by atoms with Gasteiger partial charge in [-0.05, 0) is 63.4 Å². The van der Waals surface area contributed by atoms with Crippen LogP contribution in [0.25, 0.3) is 11.0 Å². The fourth-order valence-corrected chi connectivity index (χ4v) is 3.62. The Hall–Kier alpha value is -2.91. The van der Waals surface area contributed by atoms with Gasteiger partial charge in [-0.3, -0.25) is 0 Å². The van der Waals surface area contributed by atoms with E-state index >= 15 is 0 Å². The van der Waals surface area contributed by atoms with Gasteiger partial charge in [-0.2, -0.15) is 0 Å². The van der Waals surface area contributed by atoms with Crippen molar-refractivity contribution in [2.45, 2.75) is 24.8 Å². The van der Waals surface area contributed by atoms with Gasteiger partial charge >= 0.3 is 6.03 Å². The molecule has 28 heavy (non-hydrogen) atoms. The molecule has 0 aliphatic carbocycles. The van der Waals surface area contributed by atoms with E-state index in [1.165, 1.54) is 43.4 Å². The molecule has 0 saturated heterocycles. The zero-order valence-corrected chi connectivity index (χ0v) is 16.4. The third-order valence-corrected chi connectivity index (χ3v) is 5.80. The van der Waals surface area contributed by atoms with Gasteiger partial charge in [0, 0.05) is 16.6 Å². The van der Waals surface area contributed by atoms with Crippen LogP contribution in [0.3, 0.4) is 0 Å². The van der Waals surface area contributed by atoms with Crippen LogP contribution in [0.5, 0.6) is 0 Å². The molecule has 2 aromatic carbocycles. The van der Waals surface area contributed by atoms with E-state index in [0.29, 0.717) is 22.4 Å². The number of aryl methyl sites for hydroxylation is 1. The van der Waals surface area contributed by atoms with Crippen LogP contribution in [-0.4, -0.2) is 21.5 Å². The van der Waals surface area contributed by atoms with Crippen molar-refractivity contribution in [2.24, 2.45) is 0 Å². The number of benzene rings is 2. The van der Waals surface area contributed by atoms with E-state index in [2.05, 4.69) is 15.4 Å². The Kier molecular flexibility index (Phi) is 5.39. The average molecular weight is 405 g/mol. The van der Waals surface area contributed by atoms with E-state index in [-0.39, 0.29) is 10.7 Å². The molecular formula is C19H20FN3O4S. The predicted molar refractivity (Wildman–Crippen MR) is 104 cm³/mol. The molecule has 1 aromatic heterocycles. The topological polar surface area (TPSA) is 100 Å². The molecule has 1 heterocycles. The summed E-state index contributed by atoms with van der Waals surface area (Å²) in [5, 5.41) is 6.04. The highest BCUT2D eigenvalue weighted by atomic mass is 32.2. The molecule has 0 bridgehead atoms. The highest BCUT2D eigenvalue weighted by molar-refractivity contribution is 7.89. The number of amides is 2. The molecule has 3 aromatic rings. The molecule has 7 nitrogen and oxygen atoms in total.